The van der Waals surface area contributed by atoms with E-state index in [1.54, 1.807) is 12.1 Å². The molecule has 2 saturated carbocycles. The fourth-order valence-corrected chi connectivity index (χ4v) is 7.39. The van der Waals surface area contributed by atoms with E-state index in [-0.39, 0.29) is 37.9 Å². The van der Waals surface area contributed by atoms with Gasteiger partial charge in [0.15, 0.2) is 0 Å². The third-order valence-corrected chi connectivity index (χ3v) is 9.81. The summed E-state index contributed by atoms with van der Waals surface area (Å²) in [6.07, 6.45) is 8.59. The van der Waals surface area contributed by atoms with Crippen LogP contribution in [0.3, 0.4) is 0 Å². The topological polar surface area (TPSA) is 107 Å². The minimum atomic E-state index is -0.651. The highest BCUT2D eigenvalue weighted by molar-refractivity contribution is 5.94. The van der Waals surface area contributed by atoms with E-state index in [0.29, 0.717) is 34.5 Å². The molecule has 8 nitrogen and oxygen atoms in total. The lowest BCUT2D eigenvalue weighted by Crippen LogP contribution is -2.45. The monoisotopic (exact) mass is 551 g/mol. The highest BCUT2D eigenvalue weighted by Crippen LogP contribution is 2.59. The molecular weight excluding hydrogens is 510 g/mol. The maximum atomic E-state index is 13.3. The predicted octanol–water partition coefficient (Wildman–Crippen LogP) is 4.17. The van der Waals surface area contributed by atoms with Crippen LogP contribution in [0.25, 0.3) is 6.08 Å². The fourth-order valence-electron chi connectivity index (χ4n) is 7.39. The molecule has 7 atom stereocenters. The molecule has 4 fully saturated rings. The maximum absolute atomic E-state index is 13.3. The number of aliphatic hydroxyl groups is 1. The Morgan fingerprint density at radius 3 is 2.85 bits per heavy atom. The van der Waals surface area contributed by atoms with Gasteiger partial charge in [-0.05, 0) is 80.1 Å². The van der Waals surface area contributed by atoms with Crippen LogP contribution < -0.4 is 5.32 Å². The molecule has 1 aromatic rings. The second-order valence-corrected chi connectivity index (χ2v) is 12.9. The van der Waals surface area contributed by atoms with Crippen molar-refractivity contribution in [1.82, 2.24) is 5.32 Å². The van der Waals surface area contributed by atoms with Crippen molar-refractivity contribution in [3.05, 3.63) is 52.6 Å². The minimum absolute atomic E-state index is 0.0517. The second kappa shape index (κ2) is 10.7. The summed E-state index contributed by atoms with van der Waals surface area (Å²) in [6, 6.07) is 7.61. The first-order valence-electron chi connectivity index (χ1n) is 14.7. The average Bonchev–Trinajstić information content (AvgIpc) is 3.31. The Kier molecular flexibility index (Phi) is 7.40. The zero-order valence-corrected chi connectivity index (χ0v) is 23.7. The van der Waals surface area contributed by atoms with Gasteiger partial charge in [0.05, 0.1) is 23.9 Å². The van der Waals surface area contributed by atoms with Crippen molar-refractivity contribution in [2.75, 3.05) is 19.9 Å². The van der Waals surface area contributed by atoms with Crippen LogP contribution in [0, 0.1) is 17.3 Å². The molecule has 6 rings (SSSR count). The molecule has 8 heteroatoms. The summed E-state index contributed by atoms with van der Waals surface area (Å²) in [7, 11) is 0. The van der Waals surface area contributed by atoms with E-state index in [1.807, 2.05) is 18.2 Å². The molecule has 3 aliphatic carbocycles. The van der Waals surface area contributed by atoms with Gasteiger partial charge in [0.25, 0.3) is 0 Å². The van der Waals surface area contributed by atoms with Crippen molar-refractivity contribution >= 4 is 18.0 Å². The van der Waals surface area contributed by atoms with Crippen LogP contribution in [0.5, 0.6) is 0 Å². The first-order valence-corrected chi connectivity index (χ1v) is 14.7. The lowest BCUT2D eigenvalue weighted by atomic mass is 9.52. The number of allylic oxidation sites excluding steroid dienone is 1. The number of rotatable bonds is 6. The van der Waals surface area contributed by atoms with Crippen LogP contribution >= 0.6 is 0 Å². The van der Waals surface area contributed by atoms with Crippen molar-refractivity contribution in [1.29, 1.82) is 0 Å². The Morgan fingerprint density at radius 1 is 1.20 bits per heavy atom. The van der Waals surface area contributed by atoms with Crippen LogP contribution in [-0.2, 0) is 23.7 Å². The molecule has 2 N–H and O–H groups in total. The summed E-state index contributed by atoms with van der Waals surface area (Å²) < 4.78 is 23.3. The molecule has 0 aromatic heterocycles. The van der Waals surface area contributed by atoms with E-state index in [1.165, 1.54) is 18.4 Å². The van der Waals surface area contributed by atoms with Crippen LogP contribution in [-0.4, -0.2) is 66.9 Å². The van der Waals surface area contributed by atoms with Gasteiger partial charge in [-0.25, -0.2) is 4.79 Å². The molecule has 2 heterocycles. The fraction of sp³-hybridized carbons (Fsp3) is 0.625. The SMILES string of the molecule is CC1(C)C[C@@H]2C(=Cc3cccc(C(=O)O[C@@H]4CC(C(=O)NCCO)=C[C@H]5OCO[C@H]54)c3)CCC3O[C@]3(C)CC[C@H]21. The second-order valence-electron chi connectivity index (χ2n) is 12.9. The van der Waals surface area contributed by atoms with Crippen molar-refractivity contribution < 1.29 is 33.6 Å². The molecule has 5 aliphatic rings. The Labute approximate surface area is 236 Å². The molecule has 2 saturated heterocycles. The number of carbonyl (C=O) groups excluding carboxylic acids is 2. The number of epoxide rings is 1. The molecule has 216 valence electrons. The normalized spacial score (nSPS) is 36.9. The van der Waals surface area contributed by atoms with E-state index in [4.69, 9.17) is 24.1 Å². The first kappa shape index (κ1) is 27.6. The van der Waals surface area contributed by atoms with Crippen LogP contribution in [0.15, 0.2) is 41.5 Å². The Morgan fingerprint density at radius 2 is 2.05 bits per heavy atom. The molecule has 0 spiro atoms. The number of amides is 1. The molecule has 0 bridgehead atoms. The maximum Gasteiger partial charge on any atom is 0.338 e. The largest absolute Gasteiger partial charge is 0.456 e. The Balaban J connectivity index is 1.18. The molecule has 1 unspecified atom stereocenters. The van der Waals surface area contributed by atoms with Gasteiger partial charge in [0.1, 0.15) is 25.1 Å². The number of ether oxygens (including phenoxy) is 4. The smallest absolute Gasteiger partial charge is 0.338 e. The van der Waals surface area contributed by atoms with Gasteiger partial charge >= 0.3 is 5.97 Å². The van der Waals surface area contributed by atoms with Gasteiger partial charge in [-0.1, -0.05) is 37.6 Å². The summed E-state index contributed by atoms with van der Waals surface area (Å²) in [5, 5.41) is 11.7. The van der Waals surface area contributed by atoms with Crippen molar-refractivity contribution in [3.63, 3.8) is 0 Å². The number of carbonyl (C=O) groups is 2. The van der Waals surface area contributed by atoms with Crippen LogP contribution in [0.2, 0.25) is 0 Å². The first-order chi connectivity index (χ1) is 19.2. The van der Waals surface area contributed by atoms with Gasteiger partial charge in [-0.2, -0.15) is 0 Å². The highest BCUT2D eigenvalue weighted by atomic mass is 16.7. The van der Waals surface area contributed by atoms with E-state index in [9.17, 15) is 9.59 Å². The van der Waals surface area contributed by atoms with Gasteiger partial charge in [-0.15, -0.1) is 0 Å². The number of nitrogens with one attached hydrogen (secondary N) is 1. The Bertz CT molecular complexity index is 1220. The molecule has 0 radical (unpaired) electrons. The van der Waals surface area contributed by atoms with E-state index in [2.05, 4.69) is 32.2 Å². The number of hydrogen-bond acceptors (Lipinski definition) is 7. The molecular formula is C32H41NO7. The third kappa shape index (κ3) is 5.39. The van der Waals surface area contributed by atoms with E-state index < -0.39 is 24.3 Å². The predicted molar refractivity (Wildman–Crippen MR) is 148 cm³/mol. The number of fused-ring (bicyclic) bond motifs is 3. The van der Waals surface area contributed by atoms with Crippen LogP contribution in [0.1, 0.15) is 75.2 Å². The quantitative estimate of drug-likeness (QED) is 0.404. The molecule has 2 aliphatic heterocycles. The van der Waals surface area contributed by atoms with Gasteiger partial charge in [-0.3, -0.25) is 4.79 Å². The number of hydrogen-bond donors (Lipinski definition) is 2. The van der Waals surface area contributed by atoms with E-state index >= 15 is 0 Å². The number of benzene rings is 1. The van der Waals surface area contributed by atoms with Crippen LogP contribution in [0.4, 0.5) is 0 Å². The molecule has 40 heavy (non-hydrogen) atoms. The summed E-state index contributed by atoms with van der Waals surface area (Å²) >= 11 is 0. The zero-order valence-electron chi connectivity index (χ0n) is 23.7. The van der Waals surface area contributed by atoms with Gasteiger partial charge in [0.2, 0.25) is 5.91 Å². The summed E-state index contributed by atoms with van der Waals surface area (Å²) in [5.74, 6) is 0.474. The standard InChI is InChI=1S/C32H41NO7/c1-31(2)17-23-20(7-8-27-32(3,40-27)10-9-24(23)31)13-19-5-4-6-21(14-19)30(36)39-26-16-22(29(35)33-11-12-34)15-25-28(26)38-18-37-25/h4-6,13-15,23-28,34H,7-12,16-18H2,1-3H3,(H,33,35)/t23-,24-,25-,26-,27?,28-,32-/m1/s1. The lowest BCUT2D eigenvalue weighted by molar-refractivity contribution is -0.118. The summed E-state index contributed by atoms with van der Waals surface area (Å²) in [4.78, 5) is 25.9. The van der Waals surface area contributed by atoms with Crippen molar-refractivity contribution in [2.24, 2.45) is 17.3 Å². The van der Waals surface area contributed by atoms with E-state index in [0.717, 1.165) is 24.8 Å². The highest BCUT2D eigenvalue weighted by Gasteiger charge is 2.56. The lowest BCUT2D eigenvalue weighted by Gasteiger charge is -2.53. The Hall–Kier alpha value is -2.52. The molecule has 1 amide bonds. The summed E-state index contributed by atoms with van der Waals surface area (Å²) in [5.41, 5.74) is 3.79. The van der Waals surface area contributed by atoms with Crippen molar-refractivity contribution in [2.45, 2.75) is 89.3 Å². The zero-order chi connectivity index (χ0) is 28.1. The molecule has 1 aromatic carbocycles. The summed E-state index contributed by atoms with van der Waals surface area (Å²) in [6.45, 7) is 7.13. The number of aliphatic hydroxyl groups excluding tert-OH is 1. The van der Waals surface area contributed by atoms with Crippen molar-refractivity contribution in [3.8, 4) is 0 Å². The minimum Gasteiger partial charge on any atom is -0.456 e. The van der Waals surface area contributed by atoms with Gasteiger partial charge < -0.3 is 29.4 Å². The van der Waals surface area contributed by atoms with Gasteiger partial charge in [0, 0.05) is 18.5 Å². The third-order valence-electron chi connectivity index (χ3n) is 9.81. The number of esters is 1. The average molecular weight is 552 g/mol.